The Morgan fingerprint density at radius 3 is 2.18 bits per heavy atom. The topological polar surface area (TPSA) is 36.8 Å². The molecule has 0 spiro atoms. The van der Waals surface area contributed by atoms with Gasteiger partial charge < -0.3 is 5.32 Å². The van der Waals surface area contributed by atoms with Gasteiger partial charge in [-0.25, -0.2) is 4.99 Å². The van der Waals surface area contributed by atoms with Crippen LogP contribution in [0, 0.1) is 19.8 Å². The summed E-state index contributed by atoms with van der Waals surface area (Å²) < 4.78 is 0. The highest BCUT2D eigenvalue weighted by molar-refractivity contribution is 6.00. The maximum absolute atomic E-state index is 5.28. The fourth-order valence-electron chi connectivity index (χ4n) is 3.93. The summed E-state index contributed by atoms with van der Waals surface area (Å²) in [6.07, 6.45) is 18.5. The molecule has 0 aliphatic heterocycles. The highest BCUT2D eigenvalue weighted by Gasteiger charge is 2.12. The van der Waals surface area contributed by atoms with E-state index >= 15 is 0 Å². The van der Waals surface area contributed by atoms with E-state index in [2.05, 4.69) is 129 Å². The quantitative estimate of drug-likeness (QED) is 0.149. The van der Waals surface area contributed by atoms with Crippen LogP contribution < -0.4 is 5.32 Å². The Bertz CT molecular complexity index is 1070. The molecule has 0 aliphatic carbocycles. The molecule has 0 aliphatic rings. The first-order valence-electron chi connectivity index (χ1n) is 14.5. The van der Waals surface area contributed by atoms with Gasteiger partial charge in [-0.05, 0) is 83.4 Å². The molecule has 3 heteroatoms. The first kappa shape index (κ1) is 33.1. The molecule has 0 aromatic heterocycles. The van der Waals surface area contributed by atoms with Crippen LogP contribution >= 0.6 is 0 Å². The van der Waals surface area contributed by atoms with Crippen LogP contribution in [-0.4, -0.2) is 12.1 Å². The minimum Gasteiger partial charge on any atom is -0.364 e. The predicted molar refractivity (Wildman–Crippen MR) is 171 cm³/mol. The van der Waals surface area contributed by atoms with Crippen molar-refractivity contribution < 1.29 is 0 Å². The fraction of sp³-hybridized carbons (Fsp3) is 0.486. The largest absolute Gasteiger partial charge is 0.364 e. The van der Waals surface area contributed by atoms with E-state index < -0.39 is 0 Å². The van der Waals surface area contributed by atoms with Crippen LogP contribution in [0.2, 0.25) is 0 Å². The third-order valence-electron chi connectivity index (χ3n) is 6.23. The number of nitrogens with one attached hydrogen (secondary N) is 1. The number of nitrogens with zero attached hydrogens (tertiary/aromatic N) is 2. The normalized spacial score (nSPS) is 14.5. The number of unbranched alkanes of at least 4 members (excludes halogenated alkanes) is 2. The van der Waals surface area contributed by atoms with Gasteiger partial charge in [-0.2, -0.15) is 0 Å². The van der Waals surface area contributed by atoms with E-state index in [1.807, 2.05) is 0 Å². The molecule has 38 heavy (non-hydrogen) atoms. The molecule has 0 saturated heterocycles. The van der Waals surface area contributed by atoms with Gasteiger partial charge in [0.15, 0.2) is 5.84 Å². The average molecular weight is 516 g/mol. The summed E-state index contributed by atoms with van der Waals surface area (Å²) in [5.74, 6) is 1.23. The Balaban J connectivity index is 3.64. The Hall–Kier alpha value is -2.94. The van der Waals surface area contributed by atoms with Crippen LogP contribution in [0.3, 0.4) is 0 Å². The lowest BCUT2D eigenvalue weighted by atomic mass is 10.1. The molecular formula is C35H53N3. The monoisotopic (exact) mass is 515 g/mol. The van der Waals surface area contributed by atoms with Crippen LogP contribution in [0.4, 0.5) is 0 Å². The van der Waals surface area contributed by atoms with Gasteiger partial charge in [0.1, 0.15) is 5.70 Å². The molecule has 3 nitrogen and oxygen atoms in total. The van der Waals surface area contributed by atoms with Gasteiger partial charge in [-0.1, -0.05) is 106 Å². The van der Waals surface area contributed by atoms with E-state index in [0.29, 0.717) is 12.5 Å². The van der Waals surface area contributed by atoms with Gasteiger partial charge in [-0.3, -0.25) is 4.99 Å². The van der Waals surface area contributed by atoms with Crippen LogP contribution in [0.1, 0.15) is 104 Å². The molecule has 1 N–H and O–H groups in total. The first-order valence-corrected chi connectivity index (χ1v) is 14.5. The van der Waals surface area contributed by atoms with Crippen molar-refractivity contribution >= 4 is 12.1 Å². The van der Waals surface area contributed by atoms with E-state index in [4.69, 9.17) is 9.98 Å². The molecule has 0 radical (unpaired) electrons. The summed E-state index contributed by atoms with van der Waals surface area (Å²) in [6, 6.07) is 6.69. The third-order valence-corrected chi connectivity index (χ3v) is 6.23. The van der Waals surface area contributed by atoms with Gasteiger partial charge in [-0.15, -0.1) is 0 Å². The number of benzene rings is 1. The lowest BCUT2D eigenvalue weighted by Crippen LogP contribution is -2.26. The standard InChI is InChI=1S/C35H53N3/c1-11-15-17-18-28(8)23-32(14-4)33(19-16-12-2)38-35(34(26(5)6)36-24-27(7)13-3)37-25-31-21-29(9)20-30(10)22-31/h14,17-24,27H,11-13,15-16,25H2,1-10H3,(H,37,38)/b18-17+,28-23-,32-14+,33-19+,36-24-. The Morgan fingerprint density at radius 1 is 0.974 bits per heavy atom. The highest BCUT2D eigenvalue weighted by atomic mass is 15.0. The second-order valence-electron chi connectivity index (χ2n) is 10.5. The summed E-state index contributed by atoms with van der Waals surface area (Å²) in [7, 11) is 0. The summed E-state index contributed by atoms with van der Waals surface area (Å²) >= 11 is 0. The van der Waals surface area contributed by atoms with Crippen molar-refractivity contribution in [3.63, 3.8) is 0 Å². The average Bonchev–Trinajstić information content (AvgIpc) is 2.87. The molecule has 1 unspecified atom stereocenters. The van der Waals surface area contributed by atoms with E-state index in [9.17, 15) is 0 Å². The molecule has 1 rings (SSSR count). The van der Waals surface area contributed by atoms with Crippen molar-refractivity contribution in [2.75, 3.05) is 0 Å². The fourth-order valence-corrected chi connectivity index (χ4v) is 3.93. The lowest BCUT2D eigenvalue weighted by molar-refractivity contribution is 0.753. The van der Waals surface area contributed by atoms with Crippen molar-refractivity contribution in [1.29, 1.82) is 0 Å². The van der Waals surface area contributed by atoms with E-state index in [0.717, 1.165) is 60.5 Å². The van der Waals surface area contributed by atoms with Crippen LogP contribution in [0.25, 0.3) is 0 Å². The number of aryl methyl sites for hydroxylation is 2. The Labute approximate surface area is 234 Å². The zero-order chi connectivity index (χ0) is 28.5. The van der Waals surface area contributed by atoms with Crippen molar-refractivity contribution in [3.8, 4) is 0 Å². The zero-order valence-corrected chi connectivity index (χ0v) is 25.9. The van der Waals surface area contributed by atoms with Crippen LogP contribution in [0.5, 0.6) is 0 Å². The molecule has 1 atom stereocenters. The maximum atomic E-state index is 5.28. The van der Waals surface area contributed by atoms with Gasteiger partial charge in [0.05, 0.1) is 5.70 Å². The van der Waals surface area contributed by atoms with Crippen molar-refractivity contribution in [2.45, 2.75) is 108 Å². The number of amidine groups is 1. The van der Waals surface area contributed by atoms with Crippen LogP contribution in [-0.2, 0) is 6.54 Å². The number of hydrogen-bond donors (Lipinski definition) is 1. The molecule has 0 fully saturated rings. The number of rotatable bonds is 14. The SMILES string of the molecule is C/C=C(\C=C(C)/C=C/CCC)C(=C\CCC)/N=C(/NCc1cc(C)cc(C)c1)C(/N=C\C(C)CC)=C(C)C. The van der Waals surface area contributed by atoms with Crippen LogP contribution in [0.15, 0.2) is 86.7 Å². The van der Waals surface area contributed by atoms with E-state index in [-0.39, 0.29) is 0 Å². The molecule has 1 aromatic rings. The molecule has 208 valence electrons. The summed E-state index contributed by atoms with van der Waals surface area (Å²) in [6.45, 7) is 22.3. The molecule has 0 bridgehead atoms. The van der Waals surface area contributed by atoms with Crippen molar-refractivity contribution in [2.24, 2.45) is 15.9 Å². The summed E-state index contributed by atoms with van der Waals surface area (Å²) in [5.41, 5.74) is 9.18. The molecular weight excluding hydrogens is 462 g/mol. The van der Waals surface area contributed by atoms with Gasteiger partial charge in [0, 0.05) is 12.8 Å². The second kappa shape index (κ2) is 18.3. The zero-order valence-electron chi connectivity index (χ0n) is 25.9. The lowest BCUT2D eigenvalue weighted by Gasteiger charge is -2.16. The van der Waals surface area contributed by atoms with Crippen molar-refractivity contribution in [3.05, 3.63) is 93.4 Å². The van der Waals surface area contributed by atoms with Gasteiger partial charge in [0.25, 0.3) is 0 Å². The van der Waals surface area contributed by atoms with Crippen molar-refractivity contribution in [1.82, 2.24) is 5.32 Å². The second-order valence-corrected chi connectivity index (χ2v) is 10.5. The molecule has 1 aromatic carbocycles. The maximum Gasteiger partial charge on any atom is 0.152 e. The minimum atomic E-state index is 0.409. The molecule has 0 heterocycles. The highest BCUT2D eigenvalue weighted by Crippen LogP contribution is 2.20. The minimum absolute atomic E-state index is 0.409. The Morgan fingerprint density at radius 2 is 1.63 bits per heavy atom. The molecule has 0 saturated carbocycles. The smallest absolute Gasteiger partial charge is 0.152 e. The summed E-state index contributed by atoms with van der Waals surface area (Å²) in [4.78, 5) is 10.2. The van der Waals surface area contributed by atoms with Gasteiger partial charge >= 0.3 is 0 Å². The van der Waals surface area contributed by atoms with E-state index in [1.54, 1.807) is 0 Å². The summed E-state index contributed by atoms with van der Waals surface area (Å²) in [5, 5.41) is 3.67. The third kappa shape index (κ3) is 12.5. The number of allylic oxidation sites excluding steroid dienone is 7. The number of aliphatic imine (C=N–C) groups is 2. The van der Waals surface area contributed by atoms with E-state index in [1.165, 1.54) is 22.3 Å². The molecule has 0 amide bonds. The predicted octanol–water partition coefficient (Wildman–Crippen LogP) is 10.1. The Kier molecular flexibility index (Phi) is 16.0. The first-order chi connectivity index (χ1) is 18.1. The van der Waals surface area contributed by atoms with Gasteiger partial charge in [0.2, 0.25) is 0 Å². The number of hydrogen-bond acceptors (Lipinski definition) is 2.